The fourth-order valence-electron chi connectivity index (χ4n) is 3.94. The number of nitrogens with one attached hydrogen (secondary N) is 1. The number of thiophene rings is 1. The topological polar surface area (TPSA) is 46.2 Å². The van der Waals surface area contributed by atoms with Crippen molar-refractivity contribution in [1.29, 1.82) is 0 Å². The van der Waals surface area contributed by atoms with Gasteiger partial charge < -0.3 is 5.32 Å². The summed E-state index contributed by atoms with van der Waals surface area (Å²) in [5.74, 6) is 0.248. The molecule has 1 unspecified atom stereocenters. The fraction of sp³-hybridized carbons (Fsp3) is 0.333. The zero-order chi connectivity index (χ0) is 17.7. The average Bonchev–Trinajstić information content (AvgIpc) is 3.32. The highest BCUT2D eigenvalue weighted by atomic mass is 32.1. The predicted molar refractivity (Wildman–Crippen MR) is 102 cm³/mol. The second-order valence-electron chi connectivity index (χ2n) is 7.00. The number of benzene rings is 1. The van der Waals surface area contributed by atoms with E-state index in [-0.39, 0.29) is 17.5 Å². The number of hydrogen-bond donors (Lipinski definition) is 1. The largest absolute Gasteiger partial charge is 0.362 e. The van der Waals surface area contributed by atoms with Crippen molar-refractivity contribution in [3.63, 3.8) is 0 Å². The van der Waals surface area contributed by atoms with Crippen LogP contribution >= 0.6 is 11.3 Å². The molecular formula is C21H21NO2S. The summed E-state index contributed by atoms with van der Waals surface area (Å²) in [6.07, 6.45) is 2.22. The lowest BCUT2D eigenvalue weighted by Gasteiger charge is -2.31. The van der Waals surface area contributed by atoms with Gasteiger partial charge in [0.25, 0.3) is 0 Å². The first-order valence-corrected chi connectivity index (χ1v) is 9.56. The van der Waals surface area contributed by atoms with Gasteiger partial charge in [0, 0.05) is 33.2 Å². The summed E-state index contributed by atoms with van der Waals surface area (Å²) in [6, 6.07) is 8.22. The molecule has 0 bridgehead atoms. The molecule has 1 aromatic carbocycles. The molecule has 0 saturated heterocycles. The Bertz CT molecular complexity index is 959. The van der Waals surface area contributed by atoms with Gasteiger partial charge in [-0.25, -0.2) is 0 Å². The standard InChI is InChI=1S/C21H21NO2S/c1-11-18(12(2)23)20(16-10-25-17-7-5-4-6-15(16)17)19(13(3)24)21(22-11)14-8-9-14/h4-7,10,14,20,22H,8-9H2,1-3H3. The molecule has 2 heterocycles. The molecular weight excluding hydrogens is 330 g/mol. The van der Waals surface area contributed by atoms with Crippen LogP contribution in [0.2, 0.25) is 0 Å². The molecule has 1 aromatic heterocycles. The molecule has 2 aromatic rings. The van der Waals surface area contributed by atoms with E-state index in [2.05, 4.69) is 22.8 Å². The van der Waals surface area contributed by atoms with E-state index in [4.69, 9.17) is 0 Å². The number of dihydropyridines is 1. The van der Waals surface area contributed by atoms with Gasteiger partial charge in [-0.05, 0) is 61.9 Å². The van der Waals surface area contributed by atoms with Gasteiger partial charge >= 0.3 is 0 Å². The van der Waals surface area contributed by atoms with E-state index in [9.17, 15) is 9.59 Å². The van der Waals surface area contributed by atoms with Gasteiger partial charge in [0.05, 0.1) is 0 Å². The third kappa shape index (κ3) is 2.65. The maximum Gasteiger partial charge on any atom is 0.158 e. The molecule has 0 spiro atoms. The van der Waals surface area contributed by atoms with Crippen molar-refractivity contribution in [3.8, 4) is 0 Å². The summed E-state index contributed by atoms with van der Waals surface area (Å²) >= 11 is 1.67. The van der Waals surface area contributed by atoms with Crippen molar-refractivity contribution < 1.29 is 9.59 Å². The van der Waals surface area contributed by atoms with Gasteiger partial charge in [-0.2, -0.15) is 0 Å². The van der Waals surface area contributed by atoms with E-state index >= 15 is 0 Å². The van der Waals surface area contributed by atoms with Gasteiger partial charge in [-0.15, -0.1) is 11.3 Å². The molecule has 128 valence electrons. The summed E-state index contributed by atoms with van der Waals surface area (Å²) in [5, 5.41) is 6.66. The van der Waals surface area contributed by atoms with Crippen molar-refractivity contribution in [1.82, 2.24) is 5.32 Å². The number of carbonyl (C=O) groups is 2. The highest BCUT2D eigenvalue weighted by Gasteiger charge is 2.40. The van der Waals surface area contributed by atoms with Crippen molar-refractivity contribution in [2.75, 3.05) is 0 Å². The zero-order valence-corrected chi connectivity index (χ0v) is 15.5. The van der Waals surface area contributed by atoms with Crippen molar-refractivity contribution in [2.45, 2.75) is 39.5 Å². The van der Waals surface area contributed by atoms with Gasteiger partial charge in [-0.3, -0.25) is 9.59 Å². The maximum atomic E-state index is 12.6. The Labute approximate surface area is 151 Å². The Morgan fingerprint density at radius 1 is 1.08 bits per heavy atom. The molecule has 2 aliphatic rings. The highest BCUT2D eigenvalue weighted by Crippen LogP contribution is 2.48. The molecule has 1 aliphatic carbocycles. The lowest BCUT2D eigenvalue weighted by Crippen LogP contribution is -2.31. The molecule has 0 amide bonds. The Morgan fingerprint density at radius 3 is 2.40 bits per heavy atom. The lowest BCUT2D eigenvalue weighted by atomic mass is 9.77. The van der Waals surface area contributed by atoms with E-state index in [1.54, 1.807) is 25.2 Å². The Balaban J connectivity index is 1.99. The molecule has 1 fully saturated rings. The molecule has 1 N–H and O–H groups in total. The first-order chi connectivity index (χ1) is 12.0. The normalized spacial score (nSPS) is 20.8. The van der Waals surface area contributed by atoms with Crippen molar-refractivity contribution >= 4 is 33.0 Å². The number of carbonyl (C=O) groups excluding carboxylic acids is 2. The number of hydrogen-bond acceptors (Lipinski definition) is 4. The zero-order valence-electron chi connectivity index (χ0n) is 14.7. The second-order valence-corrected chi connectivity index (χ2v) is 7.91. The number of allylic oxidation sites excluding steroid dienone is 4. The highest BCUT2D eigenvalue weighted by molar-refractivity contribution is 7.17. The molecule has 4 heteroatoms. The summed E-state index contributed by atoms with van der Waals surface area (Å²) < 4.78 is 1.19. The summed E-state index contributed by atoms with van der Waals surface area (Å²) in [6.45, 7) is 5.18. The fourth-order valence-corrected chi connectivity index (χ4v) is 4.93. The summed E-state index contributed by atoms with van der Waals surface area (Å²) in [5.41, 5.74) is 4.50. The number of Topliss-reactive ketones (excluding diaryl/α,β-unsaturated/α-hetero) is 2. The van der Waals surface area contributed by atoms with E-state index in [1.807, 2.05) is 19.1 Å². The monoisotopic (exact) mass is 351 g/mol. The maximum absolute atomic E-state index is 12.6. The van der Waals surface area contributed by atoms with Crippen LogP contribution in [0, 0.1) is 5.92 Å². The lowest BCUT2D eigenvalue weighted by molar-refractivity contribution is -0.114. The Kier molecular flexibility index (Phi) is 3.88. The Morgan fingerprint density at radius 2 is 1.76 bits per heavy atom. The van der Waals surface area contributed by atoms with Gasteiger partial charge in [0.2, 0.25) is 0 Å². The summed E-state index contributed by atoms with van der Waals surface area (Å²) in [7, 11) is 0. The molecule has 1 atom stereocenters. The minimum Gasteiger partial charge on any atom is -0.362 e. The first kappa shape index (κ1) is 16.3. The molecule has 25 heavy (non-hydrogen) atoms. The van der Waals surface area contributed by atoms with Crippen LogP contribution in [0.3, 0.4) is 0 Å². The van der Waals surface area contributed by atoms with Crippen LogP contribution in [0.4, 0.5) is 0 Å². The predicted octanol–water partition coefficient (Wildman–Crippen LogP) is 4.70. The van der Waals surface area contributed by atoms with Crippen LogP contribution in [-0.4, -0.2) is 11.6 Å². The van der Waals surface area contributed by atoms with Crippen LogP contribution in [0.15, 0.2) is 52.2 Å². The molecule has 1 aliphatic heterocycles. The van der Waals surface area contributed by atoms with Crippen LogP contribution in [0.25, 0.3) is 10.1 Å². The quantitative estimate of drug-likeness (QED) is 0.868. The minimum atomic E-state index is -0.261. The first-order valence-electron chi connectivity index (χ1n) is 8.69. The number of fused-ring (bicyclic) bond motifs is 1. The van der Waals surface area contributed by atoms with E-state index < -0.39 is 0 Å². The minimum absolute atomic E-state index is 0.0267. The second kappa shape index (κ2) is 5.95. The van der Waals surface area contributed by atoms with Crippen LogP contribution in [0.5, 0.6) is 0 Å². The number of ketones is 2. The van der Waals surface area contributed by atoms with Gasteiger partial charge in [0.15, 0.2) is 11.6 Å². The molecule has 0 radical (unpaired) electrons. The summed E-state index contributed by atoms with van der Waals surface area (Å²) in [4.78, 5) is 25.1. The van der Waals surface area contributed by atoms with Crippen molar-refractivity contribution in [3.05, 3.63) is 57.7 Å². The average molecular weight is 351 g/mol. The molecule has 4 rings (SSSR count). The van der Waals surface area contributed by atoms with E-state index in [0.717, 1.165) is 46.3 Å². The van der Waals surface area contributed by atoms with E-state index in [1.165, 1.54) is 4.70 Å². The van der Waals surface area contributed by atoms with Crippen LogP contribution < -0.4 is 5.32 Å². The molecule has 1 saturated carbocycles. The van der Waals surface area contributed by atoms with E-state index in [0.29, 0.717) is 5.92 Å². The number of rotatable bonds is 4. The Hall–Kier alpha value is -2.20. The SMILES string of the molecule is CC(=O)C1=C(C)NC(C2CC2)=C(C(C)=O)C1c1csc2ccccc12. The van der Waals surface area contributed by atoms with Gasteiger partial charge in [-0.1, -0.05) is 18.2 Å². The third-order valence-corrected chi connectivity index (χ3v) is 6.14. The van der Waals surface area contributed by atoms with Crippen molar-refractivity contribution in [2.24, 2.45) is 5.92 Å². The van der Waals surface area contributed by atoms with Gasteiger partial charge in [0.1, 0.15) is 0 Å². The smallest absolute Gasteiger partial charge is 0.158 e. The van der Waals surface area contributed by atoms with Crippen LogP contribution in [-0.2, 0) is 9.59 Å². The molecule has 3 nitrogen and oxygen atoms in total. The van der Waals surface area contributed by atoms with Crippen LogP contribution in [0.1, 0.15) is 45.1 Å². The third-order valence-electron chi connectivity index (χ3n) is 5.16.